The van der Waals surface area contributed by atoms with Crippen molar-refractivity contribution in [2.75, 3.05) is 39.9 Å². The minimum absolute atomic E-state index is 0.209. The fourth-order valence-corrected chi connectivity index (χ4v) is 4.92. The van der Waals surface area contributed by atoms with E-state index in [0.29, 0.717) is 19.0 Å². The molecule has 0 aromatic heterocycles. The number of carbonyl (C=O) groups is 1. The first-order chi connectivity index (χ1) is 13.3. The van der Waals surface area contributed by atoms with Crippen LogP contribution >= 0.6 is 15.9 Å². The van der Waals surface area contributed by atoms with E-state index in [4.69, 9.17) is 9.47 Å². The van der Waals surface area contributed by atoms with Crippen LogP contribution in [0.4, 0.5) is 4.79 Å². The molecule has 1 fully saturated rings. The number of allylic oxidation sites excluding steroid dienone is 3. The highest BCUT2D eigenvalue weighted by molar-refractivity contribution is 9.12. The molecule has 0 saturated carbocycles. The molecule has 5 nitrogen and oxygen atoms in total. The first-order valence-electron chi connectivity index (χ1n) is 10.3. The summed E-state index contributed by atoms with van der Waals surface area (Å²) in [5.74, 6) is 0.454. The van der Waals surface area contributed by atoms with E-state index in [1.807, 2.05) is 25.7 Å². The zero-order chi connectivity index (χ0) is 20.3. The van der Waals surface area contributed by atoms with E-state index in [-0.39, 0.29) is 6.09 Å². The molecule has 28 heavy (non-hydrogen) atoms. The summed E-state index contributed by atoms with van der Waals surface area (Å²) in [5, 5.41) is 0. The van der Waals surface area contributed by atoms with E-state index >= 15 is 0 Å². The third-order valence-electron chi connectivity index (χ3n) is 5.47. The van der Waals surface area contributed by atoms with E-state index in [9.17, 15) is 4.79 Å². The zero-order valence-corrected chi connectivity index (χ0v) is 19.2. The summed E-state index contributed by atoms with van der Waals surface area (Å²) in [5.41, 5.74) is 3.53. The number of nitrogens with zero attached hydrogens (tertiary/aromatic N) is 2. The minimum Gasteiger partial charge on any atom is -0.444 e. The summed E-state index contributed by atoms with van der Waals surface area (Å²) >= 11 is 3.93. The van der Waals surface area contributed by atoms with Crippen molar-refractivity contribution in [3.8, 4) is 0 Å². The number of hydrogen-bond donors (Lipinski definition) is 0. The smallest absolute Gasteiger partial charge is 0.410 e. The van der Waals surface area contributed by atoms with Crippen molar-refractivity contribution in [2.45, 2.75) is 52.1 Å². The zero-order valence-electron chi connectivity index (χ0n) is 17.6. The SMILES string of the molecule is COCCN1CCCC2C=C3CCN(C(=O)OC(C)(C)C)CCC3=C(Br)C1=C2. The van der Waals surface area contributed by atoms with Crippen molar-refractivity contribution in [2.24, 2.45) is 5.92 Å². The van der Waals surface area contributed by atoms with Gasteiger partial charge < -0.3 is 19.3 Å². The van der Waals surface area contributed by atoms with Crippen LogP contribution in [0.1, 0.15) is 46.5 Å². The van der Waals surface area contributed by atoms with Gasteiger partial charge >= 0.3 is 6.09 Å². The van der Waals surface area contributed by atoms with Crippen molar-refractivity contribution in [3.63, 3.8) is 0 Å². The largest absolute Gasteiger partial charge is 0.444 e. The number of ether oxygens (including phenoxy) is 2. The number of fused-ring (bicyclic) bond motifs is 2. The number of hydrogen-bond acceptors (Lipinski definition) is 4. The molecule has 3 aliphatic rings. The lowest BCUT2D eigenvalue weighted by atomic mass is 9.95. The second-order valence-electron chi connectivity index (χ2n) is 8.79. The summed E-state index contributed by atoms with van der Waals surface area (Å²) in [4.78, 5) is 16.9. The Bertz CT molecular complexity index is 690. The number of carbonyl (C=O) groups excluding carboxylic acids is 1. The molecule has 0 radical (unpaired) electrons. The van der Waals surface area contributed by atoms with Gasteiger partial charge in [0, 0.05) is 43.5 Å². The number of rotatable bonds is 3. The molecule has 1 aliphatic carbocycles. The Morgan fingerprint density at radius 1 is 1.21 bits per heavy atom. The number of methoxy groups -OCH3 is 1. The summed E-state index contributed by atoms with van der Waals surface area (Å²) in [6, 6.07) is 0. The van der Waals surface area contributed by atoms with Crippen molar-refractivity contribution in [3.05, 3.63) is 33.5 Å². The number of amides is 1. The second kappa shape index (κ2) is 9.04. The molecule has 3 rings (SSSR count). The molecule has 0 N–H and O–H groups in total. The van der Waals surface area contributed by atoms with Gasteiger partial charge in [-0.25, -0.2) is 4.79 Å². The Hall–Kier alpha value is -1.27. The highest BCUT2D eigenvalue weighted by Gasteiger charge is 2.30. The van der Waals surface area contributed by atoms with Crippen LogP contribution in [-0.4, -0.2) is 61.4 Å². The molecule has 6 heteroatoms. The average Bonchev–Trinajstić information content (AvgIpc) is 2.99. The topological polar surface area (TPSA) is 42.0 Å². The molecule has 1 atom stereocenters. The molecule has 0 aromatic carbocycles. The van der Waals surface area contributed by atoms with Crippen LogP contribution in [0.25, 0.3) is 0 Å². The van der Waals surface area contributed by atoms with Crippen LogP contribution in [0.3, 0.4) is 0 Å². The lowest BCUT2D eigenvalue weighted by molar-refractivity contribution is 0.0260. The Kier molecular flexibility index (Phi) is 6.92. The van der Waals surface area contributed by atoms with Gasteiger partial charge in [-0.3, -0.25) is 0 Å². The summed E-state index contributed by atoms with van der Waals surface area (Å²) in [6.45, 7) is 9.83. The molecule has 2 bridgehead atoms. The maximum absolute atomic E-state index is 12.6. The van der Waals surface area contributed by atoms with Crippen molar-refractivity contribution < 1.29 is 14.3 Å². The van der Waals surface area contributed by atoms with Gasteiger partial charge in [-0.15, -0.1) is 0 Å². The first kappa shape index (κ1) is 21.4. The maximum atomic E-state index is 12.6. The molecular formula is C22H33BrN2O3. The molecule has 2 heterocycles. The standard InChI is InChI=1S/C22H33BrN2O3/c1-22(2,3)28-21(26)25-10-7-17-14-16-6-5-9-24(12-13-27-4)19(15-16)20(23)18(17)8-11-25/h14-16H,5-13H2,1-4H3. The van der Waals surface area contributed by atoms with Gasteiger partial charge in [-0.1, -0.05) is 12.2 Å². The lowest BCUT2D eigenvalue weighted by Gasteiger charge is -2.27. The number of halogens is 1. The molecule has 2 aliphatic heterocycles. The predicted octanol–water partition coefficient (Wildman–Crippen LogP) is 4.85. The Labute approximate surface area is 177 Å². The van der Waals surface area contributed by atoms with Crippen molar-refractivity contribution >= 4 is 22.0 Å². The van der Waals surface area contributed by atoms with Gasteiger partial charge in [0.1, 0.15) is 5.60 Å². The molecule has 0 aromatic rings. The van der Waals surface area contributed by atoms with E-state index in [0.717, 1.165) is 32.5 Å². The van der Waals surface area contributed by atoms with Crippen LogP contribution in [-0.2, 0) is 9.47 Å². The summed E-state index contributed by atoms with van der Waals surface area (Å²) in [6.07, 6.45) is 8.69. The van der Waals surface area contributed by atoms with E-state index < -0.39 is 5.60 Å². The van der Waals surface area contributed by atoms with Crippen molar-refractivity contribution in [1.82, 2.24) is 9.80 Å². The van der Waals surface area contributed by atoms with Crippen LogP contribution < -0.4 is 0 Å². The predicted molar refractivity (Wildman–Crippen MR) is 115 cm³/mol. The van der Waals surface area contributed by atoms with E-state index in [1.54, 1.807) is 7.11 Å². The van der Waals surface area contributed by atoms with Gasteiger partial charge in [0.15, 0.2) is 0 Å². The Morgan fingerprint density at radius 3 is 2.68 bits per heavy atom. The molecule has 156 valence electrons. The highest BCUT2D eigenvalue weighted by Crippen LogP contribution is 2.40. The summed E-state index contributed by atoms with van der Waals surface area (Å²) in [7, 11) is 1.76. The first-order valence-corrected chi connectivity index (χ1v) is 11.1. The average molecular weight is 453 g/mol. The van der Waals surface area contributed by atoms with Gasteiger partial charge in [0.2, 0.25) is 0 Å². The molecular weight excluding hydrogens is 420 g/mol. The minimum atomic E-state index is -0.464. The summed E-state index contributed by atoms with van der Waals surface area (Å²) < 4.78 is 12.1. The maximum Gasteiger partial charge on any atom is 0.410 e. The third-order valence-corrected chi connectivity index (χ3v) is 6.36. The van der Waals surface area contributed by atoms with Gasteiger partial charge in [-0.05, 0) is 79.4 Å². The fourth-order valence-electron chi connectivity index (χ4n) is 4.09. The number of likely N-dealkylation sites (tertiary alicyclic amines) is 1. The van der Waals surface area contributed by atoms with Gasteiger partial charge in [-0.2, -0.15) is 0 Å². The highest BCUT2D eigenvalue weighted by atomic mass is 79.9. The second-order valence-corrected chi connectivity index (χ2v) is 9.58. The fraction of sp³-hybridized carbons (Fsp3) is 0.682. The molecule has 1 saturated heterocycles. The monoisotopic (exact) mass is 452 g/mol. The van der Waals surface area contributed by atoms with Gasteiger partial charge in [0.25, 0.3) is 0 Å². The molecule has 1 amide bonds. The van der Waals surface area contributed by atoms with E-state index in [2.05, 4.69) is 33.0 Å². The Balaban J connectivity index is 1.83. The third kappa shape index (κ3) is 5.20. The van der Waals surface area contributed by atoms with E-state index in [1.165, 1.54) is 34.2 Å². The van der Waals surface area contributed by atoms with Crippen molar-refractivity contribution in [1.29, 1.82) is 0 Å². The molecule has 0 spiro atoms. The van der Waals surface area contributed by atoms with Crippen LogP contribution in [0.2, 0.25) is 0 Å². The Morgan fingerprint density at radius 2 is 1.96 bits per heavy atom. The van der Waals surface area contributed by atoms with Crippen LogP contribution in [0.15, 0.2) is 33.5 Å². The van der Waals surface area contributed by atoms with Crippen LogP contribution in [0, 0.1) is 5.92 Å². The molecule has 1 unspecified atom stereocenters. The lowest BCUT2D eigenvalue weighted by Crippen LogP contribution is -2.37. The normalized spacial score (nSPS) is 23.2. The van der Waals surface area contributed by atoms with Gasteiger partial charge in [0.05, 0.1) is 6.61 Å². The quantitative estimate of drug-likeness (QED) is 0.613. The van der Waals surface area contributed by atoms with Crippen LogP contribution in [0.5, 0.6) is 0 Å².